The standard InChI is InChI=1S/C9H13NO2.ClH/c10-6-3-4-1-2-5-7(4)9(5,6)8(11)12;/h4-7H,1-3,10H2,(H,11,12);1H/t4-,5+,6-,7?,9+;/m1./s1. The third-order valence-electron chi connectivity index (χ3n) is 4.39. The maximum atomic E-state index is 11.1. The van der Waals surface area contributed by atoms with Gasteiger partial charge in [0.25, 0.3) is 0 Å². The zero-order chi connectivity index (χ0) is 8.51. The van der Waals surface area contributed by atoms with E-state index in [9.17, 15) is 4.79 Å². The van der Waals surface area contributed by atoms with Crippen molar-refractivity contribution in [3.8, 4) is 0 Å². The van der Waals surface area contributed by atoms with E-state index < -0.39 is 11.4 Å². The lowest BCUT2D eigenvalue weighted by Crippen LogP contribution is -2.36. The van der Waals surface area contributed by atoms with E-state index in [0.29, 0.717) is 17.8 Å². The molecule has 3 fully saturated rings. The molecule has 0 spiro atoms. The average molecular weight is 204 g/mol. The molecule has 3 rings (SSSR count). The van der Waals surface area contributed by atoms with E-state index in [2.05, 4.69) is 0 Å². The monoisotopic (exact) mass is 203 g/mol. The summed E-state index contributed by atoms with van der Waals surface area (Å²) in [5.41, 5.74) is 5.43. The number of carboxylic acid groups (broad SMARTS) is 1. The minimum atomic E-state index is -0.632. The van der Waals surface area contributed by atoms with Crippen molar-refractivity contribution in [3.05, 3.63) is 0 Å². The molecule has 0 bridgehead atoms. The molecule has 0 aromatic rings. The molecular weight excluding hydrogens is 190 g/mol. The molecular formula is C9H14ClNO2. The Balaban J connectivity index is 0.000000653. The summed E-state index contributed by atoms with van der Waals surface area (Å²) in [5, 5.41) is 9.13. The van der Waals surface area contributed by atoms with Crippen LogP contribution in [0.5, 0.6) is 0 Å². The van der Waals surface area contributed by atoms with Gasteiger partial charge in [-0.2, -0.15) is 0 Å². The number of carbonyl (C=O) groups is 1. The zero-order valence-electron chi connectivity index (χ0n) is 7.27. The average Bonchev–Trinajstić information content (AvgIpc) is 2.43. The Hall–Kier alpha value is -0.280. The summed E-state index contributed by atoms with van der Waals surface area (Å²) in [6.45, 7) is 0. The molecule has 13 heavy (non-hydrogen) atoms. The van der Waals surface area contributed by atoms with E-state index >= 15 is 0 Å². The Kier molecular flexibility index (Phi) is 1.71. The quantitative estimate of drug-likeness (QED) is 0.665. The van der Waals surface area contributed by atoms with Crippen LogP contribution in [0.1, 0.15) is 19.3 Å². The molecule has 0 saturated heterocycles. The van der Waals surface area contributed by atoms with Crippen LogP contribution in [0.2, 0.25) is 0 Å². The van der Waals surface area contributed by atoms with E-state index in [-0.39, 0.29) is 18.4 Å². The summed E-state index contributed by atoms with van der Waals surface area (Å²) in [6, 6.07) is -0.0579. The molecule has 3 aliphatic rings. The fourth-order valence-electron chi connectivity index (χ4n) is 3.99. The number of fused-ring (bicyclic) bond motifs is 1. The predicted octanol–water partition coefficient (Wildman–Crippen LogP) is 0.866. The minimum absolute atomic E-state index is 0. The number of rotatable bonds is 1. The van der Waals surface area contributed by atoms with Gasteiger partial charge in [-0.15, -0.1) is 12.4 Å². The molecule has 3 N–H and O–H groups in total. The van der Waals surface area contributed by atoms with Gasteiger partial charge in [-0.3, -0.25) is 4.79 Å². The van der Waals surface area contributed by atoms with Crippen molar-refractivity contribution >= 4 is 18.4 Å². The molecule has 3 saturated carbocycles. The normalized spacial score (nSPS) is 55.5. The van der Waals surface area contributed by atoms with Gasteiger partial charge in [0.2, 0.25) is 0 Å². The van der Waals surface area contributed by atoms with Gasteiger partial charge in [0, 0.05) is 6.04 Å². The molecule has 3 nitrogen and oxygen atoms in total. The second-order valence-corrected chi connectivity index (χ2v) is 4.55. The summed E-state index contributed by atoms with van der Waals surface area (Å²) in [6.07, 6.45) is 3.28. The van der Waals surface area contributed by atoms with Gasteiger partial charge in [0.15, 0.2) is 0 Å². The van der Waals surface area contributed by atoms with E-state index in [0.717, 1.165) is 12.8 Å². The van der Waals surface area contributed by atoms with Crippen molar-refractivity contribution in [1.82, 2.24) is 0 Å². The zero-order valence-corrected chi connectivity index (χ0v) is 8.09. The second-order valence-electron chi connectivity index (χ2n) is 4.55. The summed E-state index contributed by atoms with van der Waals surface area (Å²) in [7, 11) is 0. The van der Waals surface area contributed by atoms with Crippen molar-refractivity contribution in [2.24, 2.45) is 28.9 Å². The third-order valence-corrected chi connectivity index (χ3v) is 4.39. The topological polar surface area (TPSA) is 63.3 Å². The molecule has 74 valence electrons. The Morgan fingerprint density at radius 3 is 2.62 bits per heavy atom. The van der Waals surface area contributed by atoms with Gasteiger partial charge in [-0.1, -0.05) is 0 Å². The van der Waals surface area contributed by atoms with Crippen molar-refractivity contribution in [2.75, 3.05) is 0 Å². The third kappa shape index (κ3) is 0.739. The van der Waals surface area contributed by atoms with Gasteiger partial charge in [0.1, 0.15) is 0 Å². The number of aliphatic carboxylic acids is 1. The number of hydrogen-bond donors (Lipinski definition) is 2. The minimum Gasteiger partial charge on any atom is -0.481 e. The first kappa shape index (κ1) is 9.28. The number of nitrogens with two attached hydrogens (primary N) is 1. The van der Waals surface area contributed by atoms with Crippen LogP contribution in [0.3, 0.4) is 0 Å². The van der Waals surface area contributed by atoms with Gasteiger partial charge in [0.05, 0.1) is 5.41 Å². The first-order valence-corrected chi connectivity index (χ1v) is 4.68. The summed E-state index contributed by atoms with van der Waals surface area (Å²) >= 11 is 0. The molecule has 4 heteroatoms. The molecule has 5 atom stereocenters. The molecule has 0 aliphatic heterocycles. The molecule has 0 aromatic carbocycles. The van der Waals surface area contributed by atoms with Gasteiger partial charge < -0.3 is 10.8 Å². The number of halogens is 1. The Labute approximate surface area is 83.1 Å². The van der Waals surface area contributed by atoms with Gasteiger partial charge in [-0.05, 0) is 37.0 Å². The molecule has 0 amide bonds. The highest BCUT2D eigenvalue weighted by atomic mass is 35.5. The molecule has 3 aliphatic carbocycles. The highest BCUT2D eigenvalue weighted by Gasteiger charge is 2.80. The molecule has 1 unspecified atom stereocenters. The summed E-state index contributed by atoms with van der Waals surface area (Å²) in [4.78, 5) is 11.1. The first-order valence-electron chi connectivity index (χ1n) is 4.68. The highest BCUT2D eigenvalue weighted by molar-refractivity contribution is 5.85. The SMILES string of the molecule is Cl.N[C@@H]1C[C@H]2CC[C@H]3C2[C@@]13C(=O)O. The molecule has 0 heterocycles. The second kappa shape index (κ2) is 2.39. The smallest absolute Gasteiger partial charge is 0.311 e. The van der Waals surface area contributed by atoms with Crippen LogP contribution in [0, 0.1) is 23.2 Å². The van der Waals surface area contributed by atoms with Crippen LogP contribution in [-0.4, -0.2) is 17.1 Å². The van der Waals surface area contributed by atoms with Crippen molar-refractivity contribution < 1.29 is 9.90 Å². The Bertz CT molecular complexity index is 266. The van der Waals surface area contributed by atoms with E-state index in [4.69, 9.17) is 10.8 Å². The van der Waals surface area contributed by atoms with Crippen LogP contribution in [-0.2, 0) is 4.79 Å². The highest BCUT2D eigenvalue weighted by Crippen LogP contribution is 2.76. The van der Waals surface area contributed by atoms with E-state index in [1.807, 2.05) is 0 Å². The van der Waals surface area contributed by atoms with Crippen molar-refractivity contribution in [2.45, 2.75) is 25.3 Å². The lowest BCUT2D eigenvalue weighted by atomic mass is 9.95. The van der Waals surface area contributed by atoms with Crippen molar-refractivity contribution in [1.29, 1.82) is 0 Å². The fraction of sp³-hybridized carbons (Fsp3) is 0.889. The number of hydrogen-bond acceptors (Lipinski definition) is 2. The Morgan fingerprint density at radius 1 is 1.46 bits per heavy atom. The fourth-order valence-corrected chi connectivity index (χ4v) is 3.99. The van der Waals surface area contributed by atoms with Crippen LogP contribution >= 0.6 is 12.4 Å². The number of carboxylic acids is 1. The van der Waals surface area contributed by atoms with Crippen LogP contribution < -0.4 is 5.73 Å². The predicted molar refractivity (Wildman–Crippen MR) is 49.6 cm³/mol. The largest absolute Gasteiger partial charge is 0.481 e. The van der Waals surface area contributed by atoms with Gasteiger partial charge >= 0.3 is 5.97 Å². The van der Waals surface area contributed by atoms with Crippen LogP contribution in [0.4, 0.5) is 0 Å². The van der Waals surface area contributed by atoms with Crippen LogP contribution in [0.15, 0.2) is 0 Å². The van der Waals surface area contributed by atoms with Gasteiger partial charge in [-0.25, -0.2) is 0 Å². The summed E-state index contributed by atoms with van der Waals surface area (Å²) < 4.78 is 0. The summed E-state index contributed by atoms with van der Waals surface area (Å²) in [5.74, 6) is 0.891. The maximum absolute atomic E-state index is 11.1. The lowest BCUT2D eigenvalue weighted by Gasteiger charge is -2.15. The van der Waals surface area contributed by atoms with Crippen LogP contribution in [0.25, 0.3) is 0 Å². The first-order chi connectivity index (χ1) is 5.69. The Morgan fingerprint density at radius 2 is 2.15 bits per heavy atom. The van der Waals surface area contributed by atoms with E-state index in [1.54, 1.807) is 0 Å². The van der Waals surface area contributed by atoms with E-state index in [1.165, 1.54) is 6.42 Å². The molecule has 0 radical (unpaired) electrons. The molecule has 0 aromatic heterocycles. The lowest BCUT2D eigenvalue weighted by molar-refractivity contribution is -0.145. The maximum Gasteiger partial charge on any atom is 0.311 e. The van der Waals surface area contributed by atoms with Crippen molar-refractivity contribution in [3.63, 3.8) is 0 Å².